The molecule has 150 valence electrons. The Bertz CT molecular complexity index is 750. The first kappa shape index (κ1) is 22.1. The molecule has 0 aliphatic carbocycles. The van der Waals surface area contributed by atoms with E-state index in [-0.39, 0.29) is 18.2 Å². The molecule has 1 aliphatic heterocycles. The van der Waals surface area contributed by atoms with Crippen molar-refractivity contribution in [2.45, 2.75) is 38.5 Å². The van der Waals surface area contributed by atoms with Crippen LogP contribution in [0.25, 0.3) is 6.08 Å². The molecular formula is C20H24N2O4S2. The molecule has 1 aliphatic rings. The van der Waals surface area contributed by atoms with Crippen molar-refractivity contribution < 1.29 is 19.5 Å². The predicted octanol–water partition coefficient (Wildman–Crippen LogP) is 3.43. The lowest BCUT2D eigenvalue weighted by molar-refractivity contribution is -0.137. The first-order chi connectivity index (χ1) is 13.5. The van der Waals surface area contributed by atoms with Crippen molar-refractivity contribution in [2.24, 2.45) is 0 Å². The van der Waals surface area contributed by atoms with Crippen LogP contribution in [0, 0.1) is 0 Å². The van der Waals surface area contributed by atoms with Crippen molar-refractivity contribution in [1.82, 2.24) is 10.2 Å². The summed E-state index contributed by atoms with van der Waals surface area (Å²) in [6.45, 7) is 0.937. The highest BCUT2D eigenvalue weighted by Gasteiger charge is 2.31. The van der Waals surface area contributed by atoms with Crippen molar-refractivity contribution in [3.8, 4) is 0 Å². The third-order valence-corrected chi connectivity index (χ3v) is 5.52. The highest BCUT2D eigenvalue weighted by molar-refractivity contribution is 8.26. The van der Waals surface area contributed by atoms with Crippen molar-refractivity contribution in [3.63, 3.8) is 0 Å². The first-order valence-corrected chi connectivity index (χ1v) is 10.5. The fourth-order valence-electron chi connectivity index (χ4n) is 2.68. The summed E-state index contributed by atoms with van der Waals surface area (Å²) in [5, 5.41) is 11.3. The lowest BCUT2D eigenvalue weighted by atomic mass is 10.1. The Balaban J connectivity index is 1.66. The van der Waals surface area contributed by atoms with Gasteiger partial charge in [0.05, 0.1) is 4.91 Å². The van der Waals surface area contributed by atoms with Gasteiger partial charge in [-0.1, -0.05) is 60.7 Å². The number of thioether (sulfide) groups is 1. The maximum absolute atomic E-state index is 12.5. The number of rotatable bonds is 11. The Hall–Kier alpha value is -2.19. The Morgan fingerprint density at radius 1 is 1.11 bits per heavy atom. The molecular weight excluding hydrogens is 396 g/mol. The molecule has 2 rings (SSSR count). The number of hydrogen-bond acceptors (Lipinski definition) is 5. The first-order valence-electron chi connectivity index (χ1n) is 9.26. The summed E-state index contributed by atoms with van der Waals surface area (Å²) >= 11 is 6.65. The van der Waals surface area contributed by atoms with Crippen LogP contribution in [0.15, 0.2) is 35.2 Å². The average Bonchev–Trinajstić information content (AvgIpc) is 2.93. The molecule has 2 amide bonds. The SMILES string of the molecule is O=C(O)CCCNC(=O)CCCCCN1C(=O)/C(=C/c2ccccc2)SC1=S. The summed E-state index contributed by atoms with van der Waals surface area (Å²) in [4.78, 5) is 36.9. The number of benzene rings is 1. The molecule has 1 fully saturated rings. The summed E-state index contributed by atoms with van der Waals surface area (Å²) in [5.74, 6) is -0.986. The fourth-order valence-corrected chi connectivity index (χ4v) is 3.99. The van der Waals surface area contributed by atoms with Gasteiger partial charge in [-0.15, -0.1) is 0 Å². The lowest BCUT2D eigenvalue weighted by Crippen LogP contribution is -2.29. The van der Waals surface area contributed by atoms with Crippen LogP contribution in [0.4, 0.5) is 0 Å². The smallest absolute Gasteiger partial charge is 0.303 e. The van der Waals surface area contributed by atoms with Crippen molar-refractivity contribution >= 4 is 52.2 Å². The number of nitrogens with one attached hydrogen (secondary N) is 1. The average molecular weight is 421 g/mol. The number of aliphatic carboxylic acids is 1. The minimum absolute atomic E-state index is 0.0583. The predicted molar refractivity (Wildman–Crippen MR) is 115 cm³/mol. The van der Waals surface area contributed by atoms with Gasteiger partial charge in [-0.2, -0.15) is 0 Å². The molecule has 0 unspecified atom stereocenters. The molecule has 1 aromatic rings. The van der Waals surface area contributed by atoms with Crippen LogP contribution in [0.3, 0.4) is 0 Å². The monoisotopic (exact) mass is 420 g/mol. The molecule has 0 saturated carbocycles. The third kappa shape index (κ3) is 7.44. The van der Waals surface area contributed by atoms with Crippen molar-refractivity contribution in [2.75, 3.05) is 13.1 Å². The molecule has 2 N–H and O–H groups in total. The number of thiocarbonyl (C=S) groups is 1. The number of nitrogens with zero attached hydrogens (tertiary/aromatic N) is 1. The van der Waals surface area contributed by atoms with E-state index in [2.05, 4.69) is 5.32 Å². The largest absolute Gasteiger partial charge is 0.481 e. The van der Waals surface area contributed by atoms with Crippen LogP contribution in [0.2, 0.25) is 0 Å². The van der Waals surface area contributed by atoms with Crippen molar-refractivity contribution in [1.29, 1.82) is 0 Å². The van der Waals surface area contributed by atoms with Gasteiger partial charge in [-0.05, 0) is 30.9 Å². The topological polar surface area (TPSA) is 86.7 Å². The lowest BCUT2D eigenvalue weighted by Gasteiger charge is -2.14. The van der Waals surface area contributed by atoms with Gasteiger partial charge in [0.1, 0.15) is 4.32 Å². The number of carbonyl (C=O) groups is 3. The van der Waals surface area contributed by atoms with E-state index in [9.17, 15) is 14.4 Å². The number of amides is 2. The molecule has 0 radical (unpaired) electrons. The maximum Gasteiger partial charge on any atom is 0.303 e. The van der Waals surface area contributed by atoms with Crippen LogP contribution in [0.1, 0.15) is 44.1 Å². The maximum atomic E-state index is 12.5. The zero-order chi connectivity index (χ0) is 20.4. The Labute approximate surface area is 174 Å². The fraction of sp³-hybridized carbons (Fsp3) is 0.400. The molecule has 28 heavy (non-hydrogen) atoms. The molecule has 8 heteroatoms. The number of carboxylic acid groups (broad SMARTS) is 1. The number of carboxylic acids is 1. The number of carbonyl (C=O) groups excluding carboxylic acids is 2. The van der Waals surface area contributed by atoms with Crippen molar-refractivity contribution in [3.05, 3.63) is 40.8 Å². The van der Waals surface area contributed by atoms with Crippen LogP contribution < -0.4 is 5.32 Å². The second kappa shape index (κ2) is 11.6. The van der Waals surface area contributed by atoms with E-state index < -0.39 is 5.97 Å². The van der Waals surface area contributed by atoms with Gasteiger partial charge in [-0.25, -0.2) is 0 Å². The Morgan fingerprint density at radius 3 is 2.57 bits per heavy atom. The zero-order valence-electron chi connectivity index (χ0n) is 15.6. The molecule has 0 bridgehead atoms. The second-order valence-electron chi connectivity index (χ2n) is 6.40. The number of unbranched alkanes of at least 4 members (excludes halogenated alkanes) is 2. The summed E-state index contributed by atoms with van der Waals surface area (Å²) < 4.78 is 0.573. The zero-order valence-corrected chi connectivity index (χ0v) is 17.2. The van der Waals surface area contributed by atoms with E-state index in [4.69, 9.17) is 17.3 Å². The quantitative estimate of drug-likeness (QED) is 0.324. The van der Waals surface area contributed by atoms with E-state index in [1.807, 2.05) is 36.4 Å². The Kier molecular flexibility index (Phi) is 9.16. The molecule has 0 atom stereocenters. The van der Waals surface area contributed by atoms with Gasteiger partial charge < -0.3 is 10.4 Å². The van der Waals surface area contributed by atoms with Crippen LogP contribution >= 0.6 is 24.0 Å². The van der Waals surface area contributed by atoms with Gasteiger partial charge in [0.15, 0.2) is 0 Å². The molecule has 0 aromatic heterocycles. The van der Waals surface area contributed by atoms with E-state index >= 15 is 0 Å². The van der Waals surface area contributed by atoms with E-state index in [1.54, 1.807) is 4.90 Å². The molecule has 1 aromatic carbocycles. The summed E-state index contributed by atoms with van der Waals surface area (Å²) in [7, 11) is 0. The second-order valence-corrected chi connectivity index (χ2v) is 8.08. The highest BCUT2D eigenvalue weighted by Crippen LogP contribution is 2.32. The van der Waals surface area contributed by atoms with Crippen LogP contribution in [-0.4, -0.2) is 45.2 Å². The molecule has 1 heterocycles. The standard InChI is InChI=1S/C20H24N2O4S2/c23-17(21-12-7-11-18(24)25)10-5-2-6-13-22-19(26)16(28-20(22)27)14-15-8-3-1-4-9-15/h1,3-4,8-9,14H,2,5-7,10-13H2,(H,21,23)(H,24,25)/b16-14-. The highest BCUT2D eigenvalue weighted by atomic mass is 32.2. The Morgan fingerprint density at radius 2 is 1.86 bits per heavy atom. The van der Waals surface area contributed by atoms with Gasteiger partial charge in [0, 0.05) is 25.9 Å². The van der Waals surface area contributed by atoms with Gasteiger partial charge in [-0.3, -0.25) is 19.3 Å². The summed E-state index contributed by atoms with van der Waals surface area (Å²) in [5.41, 5.74) is 0.970. The molecule has 0 spiro atoms. The van der Waals surface area contributed by atoms with E-state index in [1.165, 1.54) is 11.8 Å². The molecule has 1 saturated heterocycles. The van der Waals surface area contributed by atoms with Gasteiger partial charge >= 0.3 is 5.97 Å². The minimum Gasteiger partial charge on any atom is -0.481 e. The number of hydrogen-bond donors (Lipinski definition) is 2. The summed E-state index contributed by atoms with van der Waals surface area (Å²) in [6.07, 6.45) is 5.07. The molecule has 6 nitrogen and oxygen atoms in total. The van der Waals surface area contributed by atoms with Gasteiger partial charge in [0.25, 0.3) is 5.91 Å². The van der Waals surface area contributed by atoms with Crippen LogP contribution in [0.5, 0.6) is 0 Å². The van der Waals surface area contributed by atoms with E-state index in [0.717, 1.165) is 24.8 Å². The minimum atomic E-state index is -0.858. The normalized spacial score (nSPS) is 15.3. The van der Waals surface area contributed by atoms with E-state index in [0.29, 0.717) is 35.2 Å². The third-order valence-electron chi connectivity index (χ3n) is 4.15. The summed E-state index contributed by atoms with van der Waals surface area (Å²) in [6, 6.07) is 9.67. The van der Waals surface area contributed by atoms with Gasteiger partial charge in [0.2, 0.25) is 5.91 Å². The van der Waals surface area contributed by atoms with Crippen LogP contribution in [-0.2, 0) is 14.4 Å².